The Bertz CT molecular complexity index is 645. The van der Waals surface area contributed by atoms with E-state index >= 15 is 0 Å². The zero-order valence-corrected chi connectivity index (χ0v) is 11.2. The van der Waals surface area contributed by atoms with Gasteiger partial charge in [0.1, 0.15) is 0 Å². The van der Waals surface area contributed by atoms with E-state index in [1.54, 1.807) is 12.4 Å². The summed E-state index contributed by atoms with van der Waals surface area (Å²) in [6.07, 6.45) is 5.54. The molecule has 0 aliphatic heterocycles. The molecule has 98 valence electrons. The lowest BCUT2D eigenvalue weighted by molar-refractivity contribution is 0.0696. The highest BCUT2D eigenvalue weighted by atomic mass is 35.5. The first kappa shape index (κ1) is 12.2. The van der Waals surface area contributed by atoms with Crippen LogP contribution in [0.5, 0.6) is 0 Å². The number of hydrogen-bond donors (Lipinski definition) is 1. The fourth-order valence-corrected chi connectivity index (χ4v) is 2.90. The van der Waals surface area contributed by atoms with Crippen molar-refractivity contribution in [1.82, 2.24) is 9.55 Å². The van der Waals surface area contributed by atoms with Crippen LogP contribution >= 0.6 is 11.6 Å². The van der Waals surface area contributed by atoms with E-state index < -0.39 is 5.97 Å². The van der Waals surface area contributed by atoms with Crippen LogP contribution in [0.25, 0.3) is 11.3 Å². The normalized spacial score (nSPS) is 14.6. The van der Waals surface area contributed by atoms with Crippen LogP contribution in [-0.2, 0) is 0 Å². The van der Waals surface area contributed by atoms with E-state index in [1.807, 2.05) is 23.6 Å². The van der Waals surface area contributed by atoms with Crippen molar-refractivity contribution in [2.24, 2.45) is 0 Å². The predicted octanol–water partition coefficient (Wildman–Crippen LogP) is 3.55. The Hall–Kier alpha value is -1.81. The van der Waals surface area contributed by atoms with Gasteiger partial charge in [0.2, 0.25) is 0 Å². The second-order valence-electron chi connectivity index (χ2n) is 4.77. The number of carbonyl (C=O) groups is 1. The minimum absolute atomic E-state index is 0.201. The first-order chi connectivity index (χ1) is 9.11. The van der Waals surface area contributed by atoms with E-state index in [0.29, 0.717) is 11.1 Å². The van der Waals surface area contributed by atoms with Crippen LogP contribution < -0.4 is 0 Å². The Labute approximate surface area is 115 Å². The molecule has 0 unspecified atom stereocenters. The molecule has 0 saturated heterocycles. The molecule has 0 bridgehead atoms. The molecule has 2 aromatic rings. The molecule has 1 saturated carbocycles. The van der Waals surface area contributed by atoms with Crippen molar-refractivity contribution >= 4 is 17.6 Å². The zero-order chi connectivity index (χ0) is 13.6. The van der Waals surface area contributed by atoms with E-state index in [9.17, 15) is 9.90 Å². The summed E-state index contributed by atoms with van der Waals surface area (Å²) in [6.45, 7) is 1.81. The second kappa shape index (κ2) is 4.38. The highest BCUT2D eigenvalue weighted by Gasteiger charge is 2.33. The van der Waals surface area contributed by atoms with Crippen LogP contribution in [-0.4, -0.2) is 20.6 Å². The molecular weight excluding hydrogens is 264 g/mol. The number of nitrogens with zero attached hydrogens (tertiary/aromatic N) is 2. The Kier molecular flexibility index (Phi) is 2.82. The molecule has 0 atom stereocenters. The molecule has 5 heteroatoms. The number of carboxylic acids is 1. The van der Waals surface area contributed by atoms with Crippen LogP contribution in [0.15, 0.2) is 24.5 Å². The molecule has 2 aromatic heterocycles. The molecule has 2 heterocycles. The molecule has 3 rings (SSSR count). The van der Waals surface area contributed by atoms with Gasteiger partial charge in [-0.2, -0.15) is 0 Å². The molecule has 4 nitrogen and oxygen atoms in total. The van der Waals surface area contributed by atoms with Crippen molar-refractivity contribution in [2.45, 2.75) is 25.8 Å². The van der Waals surface area contributed by atoms with Gasteiger partial charge in [0, 0.05) is 29.7 Å². The number of rotatable bonds is 3. The SMILES string of the molecule is Cc1c(C(=O)O)c(Cl)c(-c2cccnc2)n1C1CC1. The van der Waals surface area contributed by atoms with Crippen molar-refractivity contribution in [1.29, 1.82) is 0 Å². The third-order valence-electron chi connectivity index (χ3n) is 3.45. The van der Waals surface area contributed by atoms with Gasteiger partial charge in [0.15, 0.2) is 0 Å². The lowest BCUT2D eigenvalue weighted by atomic mass is 10.2. The fourth-order valence-electron chi connectivity index (χ4n) is 2.48. The Morgan fingerprint density at radius 1 is 1.53 bits per heavy atom. The highest BCUT2D eigenvalue weighted by Crippen LogP contribution is 2.45. The maximum absolute atomic E-state index is 11.4. The Morgan fingerprint density at radius 3 is 2.79 bits per heavy atom. The van der Waals surface area contributed by atoms with Gasteiger partial charge in [-0.3, -0.25) is 4.98 Å². The molecule has 0 amide bonds. The summed E-state index contributed by atoms with van der Waals surface area (Å²) in [4.78, 5) is 15.5. The third kappa shape index (κ3) is 1.92. The van der Waals surface area contributed by atoms with Gasteiger partial charge in [0.05, 0.1) is 16.3 Å². The molecule has 0 aromatic carbocycles. The van der Waals surface area contributed by atoms with Gasteiger partial charge in [0.25, 0.3) is 0 Å². The largest absolute Gasteiger partial charge is 0.478 e. The van der Waals surface area contributed by atoms with Crippen LogP contribution in [0.1, 0.15) is 34.9 Å². The predicted molar refractivity (Wildman–Crippen MR) is 72.6 cm³/mol. The molecule has 1 aliphatic carbocycles. The lowest BCUT2D eigenvalue weighted by Crippen LogP contribution is -2.02. The third-order valence-corrected chi connectivity index (χ3v) is 3.82. The number of carboxylic acid groups (broad SMARTS) is 1. The Balaban J connectivity index is 2.28. The summed E-state index contributed by atoms with van der Waals surface area (Å²) in [5.41, 5.74) is 2.55. The van der Waals surface area contributed by atoms with E-state index in [4.69, 9.17) is 11.6 Å². The second-order valence-corrected chi connectivity index (χ2v) is 5.15. The fraction of sp³-hybridized carbons (Fsp3) is 0.286. The van der Waals surface area contributed by atoms with Crippen molar-refractivity contribution in [3.05, 3.63) is 40.8 Å². The average molecular weight is 277 g/mol. The van der Waals surface area contributed by atoms with E-state index in [-0.39, 0.29) is 5.56 Å². The van der Waals surface area contributed by atoms with Crippen LogP contribution in [0, 0.1) is 6.92 Å². The number of halogens is 1. The number of pyridine rings is 1. The maximum atomic E-state index is 11.4. The smallest absolute Gasteiger partial charge is 0.339 e. The number of aromatic nitrogens is 2. The summed E-state index contributed by atoms with van der Waals surface area (Å²) in [5.74, 6) is -0.980. The molecule has 0 radical (unpaired) electrons. The molecule has 1 aliphatic rings. The van der Waals surface area contributed by atoms with Gasteiger partial charge in [-0.1, -0.05) is 11.6 Å². The van der Waals surface area contributed by atoms with E-state index in [0.717, 1.165) is 29.8 Å². The van der Waals surface area contributed by atoms with Gasteiger partial charge in [-0.05, 0) is 31.9 Å². The van der Waals surface area contributed by atoms with Crippen molar-refractivity contribution in [3.63, 3.8) is 0 Å². The summed E-state index contributed by atoms with van der Waals surface area (Å²) in [7, 11) is 0. The zero-order valence-electron chi connectivity index (χ0n) is 10.4. The van der Waals surface area contributed by atoms with Crippen molar-refractivity contribution in [3.8, 4) is 11.3 Å². The van der Waals surface area contributed by atoms with E-state index in [1.165, 1.54) is 0 Å². The summed E-state index contributed by atoms with van der Waals surface area (Å²) in [6, 6.07) is 4.09. The number of hydrogen-bond acceptors (Lipinski definition) is 2. The quantitative estimate of drug-likeness (QED) is 0.933. The summed E-state index contributed by atoms with van der Waals surface area (Å²) < 4.78 is 2.04. The maximum Gasteiger partial charge on any atom is 0.339 e. The van der Waals surface area contributed by atoms with Gasteiger partial charge < -0.3 is 9.67 Å². The van der Waals surface area contributed by atoms with Crippen LogP contribution in [0.2, 0.25) is 5.02 Å². The van der Waals surface area contributed by atoms with Crippen LogP contribution in [0.4, 0.5) is 0 Å². The first-order valence-electron chi connectivity index (χ1n) is 6.15. The van der Waals surface area contributed by atoms with Gasteiger partial charge in [-0.25, -0.2) is 4.79 Å². The summed E-state index contributed by atoms with van der Waals surface area (Å²) in [5, 5.41) is 9.63. The minimum atomic E-state index is -0.980. The minimum Gasteiger partial charge on any atom is -0.478 e. The lowest BCUT2D eigenvalue weighted by Gasteiger charge is -2.10. The molecular formula is C14H13ClN2O2. The molecule has 1 N–H and O–H groups in total. The molecule has 19 heavy (non-hydrogen) atoms. The highest BCUT2D eigenvalue weighted by molar-refractivity contribution is 6.36. The monoisotopic (exact) mass is 276 g/mol. The van der Waals surface area contributed by atoms with Crippen LogP contribution in [0.3, 0.4) is 0 Å². The van der Waals surface area contributed by atoms with Gasteiger partial charge in [-0.15, -0.1) is 0 Å². The topological polar surface area (TPSA) is 55.1 Å². The molecule has 0 spiro atoms. The van der Waals surface area contributed by atoms with Gasteiger partial charge >= 0.3 is 5.97 Å². The van der Waals surface area contributed by atoms with Crippen molar-refractivity contribution in [2.75, 3.05) is 0 Å². The standard InChI is InChI=1S/C14H13ClN2O2/c1-8-11(14(18)19)12(15)13(17(8)10-4-5-10)9-3-2-6-16-7-9/h2-3,6-7,10H,4-5H2,1H3,(H,18,19). The first-order valence-corrected chi connectivity index (χ1v) is 6.53. The number of aromatic carboxylic acids is 1. The average Bonchev–Trinajstić information content (AvgIpc) is 3.16. The van der Waals surface area contributed by atoms with Crippen molar-refractivity contribution < 1.29 is 9.90 Å². The Morgan fingerprint density at radius 2 is 2.26 bits per heavy atom. The van der Waals surface area contributed by atoms with E-state index in [2.05, 4.69) is 4.98 Å². The summed E-state index contributed by atoms with van der Waals surface area (Å²) >= 11 is 6.31. The molecule has 1 fully saturated rings.